The van der Waals surface area contributed by atoms with E-state index in [2.05, 4.69) is 4.98 Å². The molecule has 1 aliphatic heterocycles. The van der Waals surface area contributed by atoms with E-state index in [0.717, 1.165) is 17.4 Å². The summed E-state index contributed by atoms with van der Waals surface area (Å²) in [6, 6.07) is 3.69. The first-order valence-corrected chi connectivity index (χ1v) is 10.6. The van der Waals surface area contributed by atoms with Crippen molar-refractivity contribution in [2.45, 2.75) is 19.0 Å². The second-order valence-electron chi connectivity index (χ2n) is 7.04. The number of carbonyl (C=O) groups excluding carboxylic acids is 2. The molecule has 2 heterocycles. The van der Waals surface area contributed by atoms with Gasteiger partial charge in [-0.15, -0.1) is 0 Å². The smallest absolute Gasteiger partial charge is 0.475 e. The van der Waals surface area contributed by atoms with Crippen LogP contribution in [-0.4, -0.2) is 60.2 Å². The van der Waals surface area contributed by atoms with Crippen molar-refractivity contribution in [3.8, 4) is 5.75 Å². The molecule has 0 aliphatic carbocycles. The zero-order chi connectivity index (χ0) is 26.3. The van der Waals surface area contributed by atoms with Gasteiger partial charge in [0, 0.05) is 18.7 Å². The molecular weight excluding hydrogens is 500 g/mol. The van der Waals surface area contributed by atoms with Crippen LogP contribution in [0.1, 0.15) is 28.1 Å². The number of anilines is 1. The number of thiazole rings is 1. The lowest BCUT2D eigenvalue weighted by molar-refractivity contribution is -0.192. The zero-order valence-electron chi connectivity index (χ0n) is 18.1. The number of methoxy groups -OCH3 is 1. The number of aromatic nitrogens is 1. The number of carboxylic acids is 1. The van der Waals surface area contributed by atoms with Crippen LogP contribution in [0.25, 0.3) is 0 Å². The van der Waals surface area contributed by atoms with Crippen molar-refractivity contribution in [1.29, 1.82) is 5.41 Å². The minimum absolute atomic E-state index is 0.119. The average molecular weight is 520 g/mol. The first-order valence-electron chi connectivity index (χ1n) is 9.78. The predicted octanol–water partition coefficient (Wildman–Crippen LogP) is 2.81. The van der Waals surface area contributed by atoms with Gasteiger partial charge in [-0.05, 0) is 31.0 Å². The van der Waals surface area contributed by atoms with Crippen LogP contribution in [0, 0.1) is 17.1 Å². The zero-order valence-corrected chi connectivity index (χ0v) is 18.9. The number of rotatable bonds is 5. The fourth-order valence-corrected chi connectivity index (χ4v) is 3.72. The summed E-state index contributed by atoms with van der Waals surface area (Å²) in [5.74, 6) is -5.11. The summed E-state index contributed by atoms with van der Waals surface area (Å²) >= 11 is 1.14. The number of ether oxygens (including phenoxy) is 2. The molecule has 0 spiro atoms. The fourth-order valence-electron chi connectivity index (χ4n) is 2.88. The highest BCUT2D eigenvalue weighted by molar-refractivity contribution is 7.17. The number of esters is 2. The van der Waals surface area contributed by atoms with Crippen molar-refractivity contribution in [2.75, 3.05) is 25.1 Å². The first-order chi connectivity index (χ1) is 16.3. The number of nitrogen functional groups attached to an aromatic ring is 1. The quantitative estimate of drug-likeness (QED) is 0.177. The minimum Gasteiger partial charge on any atom is -0.475 e. The predicted molar refractivity (Wildman–Crippen MR) is 115 cm³/mol. The van der Waals surface area contributed by atoms with Crippen LogP contribution in [0.2, 0.25) is 0 Å². The number of nitrogens with zero attached hydrogens (tertiary/aromatic N) is 2. The molecule has 1 aliphatic rings. The number of alkyl halides is 3. The van der Waals surface area contributed by atoms with E-state index >= 15 is 0 Å². The van der Waals surface area contributed by atoms with Gasteiger partial charge in [0.2, 0.25) is 0 Å². The van der Waals surface area contributed by atoms with Gasteiger partial charge in [0.25, 0.3) is 0 Å². The molecule has 0 unspecified atom stereocenters. The highest BCUT2D eigenvalue weighted by Crippen LogP contribution is 2.29. The molecule has 2 aromatic rings. The molecule has 10 nitrogen and oxygen atoms in total. The van der Waals surface area contributed by atoms with Crippen molar-refractivity contribution in [1.82, 2.24) is 4.98 Å². The minimum atomic E-state index is -5.08. The van der Waals surface area contributed by atoms with Crippen LogP contribution in [0.4, 0.5) is 22.7 Å². The maximum atomic E-state index is 14.0. The van der Waals surface area contributed by atoms with Gasteiger partial charge >= 0.3 is 24.1 Å². The topological polar surface area (TPSA) is 156 Å². The van der Waals surface area contributed by atoms with Gasteiger partial charge in [-0.2, -0.15) is 13.2 Å². The molecule has 0 amide bonds. The van der Waals surface area contributed by atoms with Crippen LogP contribution in [0.5, 0.6) is 5.75 Å². The summed E-state index contributed by atoms with van der Waals surface area (Å²) < 4.78 is 55.6. The molecule has 0 bridgehead atoms. The summed E-state index contributed by atoms with van der Waals surface area (Å²) in [5.41, 5.74) is 5.51. The Bertz CT molecular complexity index is 1100. The second kappa shape index (κ2) is 11.6. The number of carbonyl (C=O) groups is 3. The lowest BCUT2D eigenvalue weighted by Crippen LogP contribution is -2.36. The summed E-state index contributed by atoms with van der Waals surface area (Å²) in [5, 5.41) is 15.1. The lowest BCUT2D eigenvalue weighted by Gasteiger charge is -2.30. The van der Waals surface area contributed by atoms with Gasteiger partial charge in [0.15, 0.2) is 16.7 Å². The average Bonchev–Trinajstić information content (AvgIpc) is 3.30. The van der Waals surface area contributed by atoms with Gasteiger partial charge in [0.1, 0.15) is 10.7 Å². The van der Waals surface area contributed by atoms with Gasteiger partial charge in [-0.1, -0.05) is 11.3 Å². The van der Waals surface area contributed by atoms with Crippen molar-refractivity contribution in [3.05, 3.63) is 40.7 Å². The largest absolute Gasteiger partial charge is 0.490 e. The first kappa shape index (κ1) is 27.5. The van der Waals surface area contributed by atoms with Crippen molar-refractivity contribution in [2.24, 2.45) is 11.7 Å². The number of benzene rings is 1. The molecule has 1 saturated heterocycles. The van der Waals surface area contributed by atoms with Crippen LogP contribution >= 0.6 is 11.3 Å². The van der Waals surface area contributed by atoms with Gasteiger partial charge < -0.3 is 25.2 Å². The highest BCUT2D eigenvalue weighted by atomic mass is 32.1. The molecule has 1 aromatic carbocycles. The SMILES string of the molecule is COC(=O)C1CCN(c2ncc(C(=O)Oc3ccc(C(=N)N)cc3F)s2)CC1.O=C(O)C(F)(F)F. The summed E-state index contributed by atoms with van der Waals surface area (Å²) in [7, 11) is 1.38. The third-order valence-corrected chi connectivity index (χ3v) is 5.72. The van der Waals surface area contributed by atoms with Gasteiger partial charge in [0.05, 0.1) is 19.2 Å². The van der Waals surface area contributed by atoms with E-state index in [9.17, 15) is 27.2 Å². The second-order valence-corrected chi connectivity index (χ2v) is 8.05. The van der Waals surface area contributed by atoms with E-state index in [1.54, 1.807) is 0 Å². The lowest BCUT2D eigenvalue weighted by atomic mass is 9.97. The van der Waals surface area contributed by atoms with E-state index < -0.39 is 23.9 Å². The number of carboxylic acid groups (broad SMARTS) is 1. The molecule has 0 saturated carbocycles. The number of aliphatic carboxylic acids is 1. The van der Waals surface area contributed by atoms with Crippen LogP contribution in [0.15, 0.2) is 24.4 Å². The number of hydrogen-bond acceptors (Lipinski definition) is 9. The van der Waals surface area contributed by atoms with Crippen LogP contribution in [0.3, 0.4) is 0 Å². The van der Waals surface area contributed by atoms with E-state index in [1.807, 2.05) is 4.90 Å². The summed E-state index contributed by atoms with van der Waals surface area (Å²) in [6.07, 6.45) is -2.39. The fraction of sp³-hybridized carbons (Fsp3) is 0.350. The Kier molecular flexibility index (Phi) is 9.11. The molecular formula is C20H20F4N4O6S. The molecule has 0 radical (unpaired) electrons. The molecule has 0 atom stereocenters. The number of amidine groups is 1. The maximum Gasteiger partial charge on any atom is 0.490 e. The van der Waals surface area contributed by atoms with Gasteiger partial charge in [-0.3, -0.25) is 10.2 Å². The standard InChI is InChI=1S/C18H19FN4O4S.C2HF3O2/c1-26-16(24)10-4-6-23(7-5-10)18-22-9-14(28-18)17(25)27-13-3-2-11(15(20)21)8-12(13)19;3-2(4,5)1(6)7/h2-3,8-10H,4-7H2,1H3,(H3,20,21);(H,6,7). The third kappa shape index (κ3) is 7.63. The number of halogens is 4. The van der Waals surface area contributed by atoms with E-state index in [4.69, 9.17) is 30.5 Å². The molecule has 3 rings (SSSR count). The molecule has 35 heavy (non-hydrogen) atoms. The third-order valence-electron chi connectivity index (χ3n) is 4.68. The normalized spacial score (nSPS) is 13.9. The Labute approximate surface area is 199 Å². The molecule has 1 fully saturated rings. The van der Waals surface area contributed by atoms with Crippen molar-refractivity contribution < 1.29 is 46.5 Å². The Morgan fingerprint density at radius 2 is 1.86 bits per heavy atom. The maximum absolute atomic E-state index is 14.0. The Morgan fingerprint density at radius 3 is 2.34 bits per heavy atom. The number of nitrogens with two attached hydrogens (primary N) is 1. The number of nitrogens with one attached hydrogen (secondary N) is 1. The van der Waals surface area contributed by atoms with E-state index in [-0.39, 0.29) is 33.9 Å². The Morgan fingerprint density at radius 1 is 1.26 bits per heavy atom. The van der Waals surface area contributed by atoms with E-state index in [1.165, 1.54) is 25.4 Å². The Hall–Kier alpha value is -3.75. The highest BCUT2D eigenvalue weighted by Gasteiger charge is 2.38. The molecule has 4 N–H and O–H groups in total. The number of piperidine rings is 1. The van der Waals surface area contributed by atoms with Crippen LogP contribution in [-0.2, 0) is 14.3 Å². The molecule has 15 heteroatoms. The van der Waals surface area contributed by atoms with Crippen molar-refractivity contribution in [3.63, 3.8) is 0 Å². The van der Waals surface area contributed by atoms with E-state index in [0.29, 0.717) is 31.1 Å². The van der Waals surface area contributed by atoms with Gasteiger partial charge in [-0.25, -0.2) is 19.0 Å². The summed E-state index contributed by atoms with van der Waals surface area (Å²) in [4.78, 5) is 39.3. The number of hydrogen-bond donors (Lipinski definition) is 3. The Balaban J connectivity index is 0.000000540. The molecule has 1 aromatic heterocycles. The summed E-state index contributed by atoms with van der Waals surface area (Å²) in [6.45, 7) is 1.26. The molecule has 190 valence electrons. The van der Waals surface area contributed by atoms with Crippen molar-refractivity contribution >= 4 is 40.2 Å². The monoisotopic (exact) mass is 520 g/mol. The van der Waals surface area contributed by atoms with Crippen LogP contribution < -0.4 is 15.4 Å².